The number of aryl methyl sites for hydroxylation is 3. The Bertz CT molecular complexity index is 1240. The van der Waals surface area contributed by atoms with Crippen molar-refractivity contribution in [3.63, 3.8) is 0 Å². The summed E-state index contributed by atoms with van der Waals surface area (Å²) in [6.45, 7) is 13.5. The summed E-state index contributed by atoms with van der Waals surface area (Å²) < 4.78 is 2.27. The quantitative estimate of drug-likeness (QED) is 0.260. The molecule has 1 heteroatoms. The molecular formula is C28H32N+. The molecule has 0 radical (unpaired) electrons. The lowest BCUT2D eigenvalue weighted by molar-refractivity contribution is -0.659. The van der Waals surface area contributed by atoms with Crippen LogP contribution in [0.4, 0.5) is 0 Å². The van der Waals surface area contributed by atoms with Gasteiger partial charge in [0.1, 0.15) is 7.05 Å². The minimum atomic E-state index is 0.298. The monoisotopic (exact) mass is 382 g/mol. The molecule has 0 spiro atoms. The molecule has 0 fully saturated rings. The van der Waals surface area contributed by atoms with Crippen molar-refractivity contribution in [1.82, 2.24) is 0 Å². The smallest absolute Gasteiger partial charge is 0.200 e. The van der Waals surface area contributed by atoms with Gasteiger partial charge in [0.05, 0.1) is 10.9 Å². The molecule has 0 N–H and O–H groups in total. The van der Waals surface area contributed by atoms with E-state index in [-0.39, 0.29) is 0 Å². The fraction of sp³-hybridized carbons (Fsp3) is 0.321. The fourth-order valence-corrected chi connectivity index (χ4v) is 4.58. The Morgan fingerprint density at radius 1 is 0.793 bits per heavy atom. The molecule has 0 amide bonds. The summed E-state index contributed by atoms with van der Waals surface area (Å²) in [6.07, 6.45) is 3.30. The molecule has 0 bridgehead atoms. The van der Waals surface area contributed by atoms with Crippen molar-refractivity contribution in [3.8, 4) is 11.3 Å². The molecular weight excluding hydrogens is 350 g/mol. The molecule has 0 atom stereocenters. The first-order valence-corrected chi connectivity index (χ1v) is 10.6. The highest BCUT2D eigenvalue weighted by Gasteiger charge is 2.20. The predicted octanol–water partition coefficient (Wildman–Crippen LogP) is 7.00. The Kier molecular flexibility index (Phi) is 4.73. The SMILES string of the molecule is Cc1cc(C)c(C)c(-c2c3ccc4cc(CC(C)(C)C)ccc4c3cc[n+]2C)c1. The van der Waals surface area contributed by atoms with Crippen molar-refractivity contribution in [2.24, 2.45) is 12.5 Å². The summed E-state index contributed by atoms with van der Waals surface area (Å²) in [4.78, 5) is 0. The summed E-state index contributed by atoms with van der Waals surface area (Å²) in [7, 11) is 2.16. The molecule has 4 rings (SSSR count). The molecule has 0 aliphatic carbocycles. The zero-order valence-electron chi connectivity index (χ0n) is 18.9. The molecule has 0 saturated carbocycles. The second-order valence-electron chi connectivity index (χ2n) is 9.85. The molecule has 29 heavy (non-hydrogen) atoms. The highest BCUT2D eigenvalue weighted by atomic mass is 14.9. The van der Waals surface area contributed by atoms with Gasteiger partial charge in [-0.05, 0) is 72.2 Å². The van der Waals surface area contributed by atoms with Crippen LogP contribution in [-0.4, -0.2) is 0 Å². The highest BCUT2D eigenvalue weighted by molar-refractivity contribution is 6.10. The molecule has 3 aromatic carbocycles. The van der Waals surface area contributed by atoms with Crippen LogP contribution in [0.3, 0.4) is 0 Å². The lowest BCUT2D eigenvalue weighted by atomic mass is 9.87. The Morgan fingerprint density at radius 2 is 1.52 bits per heavy atom. The van der Waals surface area contributed by atoms with Gasteiger partial charge >= 0.3 is 0 Å². The number of fused-ring (bicyclic) bond motifs is 3. The maximum Gasteiger partial charge on any atom is 0.220 e. The highest BCUT2D eigenvalue weighted by Crippen LogP contribution is 2.34. The third-order valence-corrected chi connectivity index (χ3v) is 6.00. The van der Waals surface area contributed by atoms with Gasteiger partial charge < -0.3 is 0 Å². The van der Waals surface area contributed by atoms with Gasteiger partial charge in [0.25, 0.3) is 0 Å². The van der Waals surface area contributed by atoms with Crippen LogP contribution in [0.5, 0.6) is 0 Å². The number of nitrogens with zero attached hydrogens (tertiary/aromatic N) is 1. The summed E-state index contributed by atoms with van der Waals surface area (Å²) in [5.74, 6) is 0. The van der Waals surface area contributed by atoms with Gasteiger partial charge in [0, 0.05) is 11.5 Å². The van der Waals surface area contributed by atoms with E-state index in [2.05, 4.69) is 108 Å². The van der Waals surface area contributed by atoms with E-state index >= 15 is 0 Å². The average molecular weight is 383 g/mol. The normalized spacial score (nSPS) is 12.1. The number of pyridine rings is 1. The number of hydrogen-bond acceptors (Lipinski definition) is 0. The third-order valence-electron chi connectivity index (χ3n) is 6.00. The Balaban J connectivity index is 1.98. The molecule has 148 valence electrons. The van der Waals surface area contributed by atoms with Crippen molar-refractivity contribution in [1.29, 1.82) is 0 Å². The van der Waals surface area contributed by atoms with E-state index in [0.717, 1.165) is 6.42 Å². The number of benzene rings is 3. The van der Waals surface area contributed by atoms with Crippen molar-refractivity contribution < 1.29 is 4.57 Å². The zero-order valence-corrected chi connectivity index (χ0v) is 18.9. The number of rotatable bonds is 2. The predicted molar refractivity (Wildman–Crippen MR) is 125 cm³/mol. The first-order chi connectivity index (χ1) is 13.6. The summed E-state index contributed by atoms with van der Waals surface area (Å²) in [6, 6.07) is 18.5. The van der Waals surface area contributed by atoms with Crippen molar-refractivity contribution >= 4 is 21.5 Å². The Hall–Kier alpha value is -2.67. The van der Waals surface area contributed by atoms with Crippen LogP contribution in [0.1, 0.15) is 43.0 Å². The molecule has 1 aromatic heterocycles. The van der Waals surface area contributed by atoms with Gasteiger partial charge in [-0.25, -0.2) is 4.57 Å². The second-order valence-corrected chi connectivity index (χ2v) is 9.85. The summed E-state index contributed by atoms with van der Waals surface area (Å²) in [5.41, 5.74) is 8.37. The minimum Gasteiger partial charge on any atom is -0.200 e. The van der Waals surface area contributed by atoms with Crippen LogP contribution < -0.4 is 4.57 Å². The Morgan fingerprint density at radius 3 is 2.24 bits per heavy atom. The molecule has 0 aliphatic rings. The second kappa shape index (κ2) is 6.99. The lowest BCUT2D eigenvalue weighted by Crippen LogP contribution is -2.30. The summed E-state index contributed by atoms with van der Waals surface area (Å²) >= 11 is 0. The van der Waals surface area contributed by atoms with E-state index in [1.165, 1.54) is 55.1 Å². The molecule has 4 aromatic rings. The average Bonchev–Trinajstić information content (AvgIpc) is 2.63. The molecule has 0 unspecified atom stereocenters. The molecule has 0 aliphatic heterocycles. The maximum atomic E-state index is 2.37. The molecule has 0 saturated heterocycles. The van der Waals surface area contributed by atoms with Gasteiger partial charge in [-0.1, -0.05) is 56.7 Å². The fourth-order valence-electron chi connectivity index (χ4n) is 4.58. The van der Waals surface area contributed by atoms with Gasteiger partial charge in [-0.3, -0.25) is 0 Å². The minimum absolute atomic E-state index is 0.298. The van der Waals surface area contributed by atoms with Crippen LogP contribution in [-0.2, 0) is 13.5 Å². The standard InChI is InChI=1S/C28H32N/c1-18-14-19(2)20(3)26(15-18)27-25-11-9-22-16-21(17-28(4,5)6)8-10-23(22)24(25)12-13-29(27)7/h8-16H,17H2,1-7H3/q+1. The van der Waals surface area contributed by atoms with Gasteiger partial charge in [0.2, 0.25) is 5.69 Å². The van der Waals surface area contributed by atoms with E-state index in [1.54, 1.807) is 0 Å². The van der Waals surface area contributed by atoms with Crippen LogP contribution in [0.15, 0.2) is 54.7 Å². The largest absolute Gasteiger partial charge is 0.220 e. The Labute approximate surface area is 175 Å². The maximum absolute atomic E-state index is 2.37. The van der Waals surface area contributed by atoms with E-state index < -0.39 is 0 Å². The molecule has 1 heterocycles. The topological polar surface area (TPSA) is 3.88 Å². The van der Waals surface area contributed by atoms with E-state index in [1.807, 2.05) is 0 Å². The number of aromatic nitrogens is 1. The van der Waals surface area contributed by atoms with Crippen molar-refractivity contribution in [2.75, 3.05) is 0 Å². The van der Waals surface area contributed by atoms with Crippen LogP contribution >= 0.6 is 0 Å². The van der Waals surface area contributed by atoms with E-state index in [9.17, 15) is 0 Å². The van der Waals surface area contributed by atoms with Crippen LogP contribution in [0.2, 0.25) is 0 Å². The zero-order chi connectivity index (χ0) is 20.9. The lowest BCUT2D eigenvalue weighted by Gasteiger charge is -2.18. The first-order valence-electron chi connectivity index (χ1n) is 10.6. The van der Waals surface area contributed by atoms with Gasteiger partial charge in [0.15, 0.2) is 6.20 Å². The summed E-state index contributed by atoms with van der Waals surface area (Å²) in [5, 5.41) is 5.32. The first kappa shape index (κ1) is 19.6. The third kappa shape index (κ3) is 3.67. The van der Waals surface area contributed by atoms with Gasteiger partial charge in [-0.15, -0.1) is 0 Å². The van der Waals surface area contributed by atoms with Crippen LogP contribution in [0, 0.1) is 26.2 Å². The number of hydrogen-bond donors (Lipinski definition) is 0. The van der Waals surface area contributed by atoms with Gasteiger partial charge in [-0.2, -0.15) is 0 Å². The van der Waals surface area contributed by atoms with Crippen LogP contribution in [0.25, 0.3) is 32.8 Å². The molecule has 1 nitrogen and oxygen atoms in total. The van der Waals surface area contributed by atoms with Crippen molar-refractivity contribution in [3.05, 3.63) is 77.0 Å². The van der Waals surface area contributed by atoms with E-state index in [4.69, 9.17) is 0 Å². The van der Waals surface area contributed by atoms with Crippen molar-refractivity contribution in [2.45, 2.75) is 48.0 Å². The van der Waals surface area contributed by atoms with E-state index in [0.29, 0.717) is 5.41 Å².